The van der Waals surface area contributed by atoms with Crippen molar-refractivity contribution in [2.24, 2.45) is 7.05 Å². The van der Waals surface area contributed by atoms with E-state index >= 15 is 4.39 Å². The van der Waals surface area contributed by atoms with Gasteiger partial charge in [0.15, 0.2) is 5.65 Å². The van der Waals surface area contributed by atoms with Crippen molar-refractivity contribution in [3.05, 3.63) is 66.1 Å². The highest BCUT2D eigenvalue weighted by Gasteiger charge is 2.30. The largest absolute Gasteiger partial charge is 0.381 e. The van der Waals surface area contributed by atoms with Crippen molar-refractivity contribution in [1.82, 2.24) is 34.2 Å². The molecule has 2 aliphatic rings. The van der Waals surface area contributed by atoms with Crippen LogP contribution in [0.2, 0.25) is 0 Å². The molecule has 1 fully saturated rings. The van der Waals surface area contributed by atoms with Crippen LogP contribution in [-0.4, -0.2) is 60.3 Å². The van der Waals surface area contributed by atoms with Crippen molar-refractivity contribution in [2.45, 2.75) is 25.4 Å². The van der Waals surface area contributed by atoms with Gasteiger partial charge in [-0.05, 0) is 25.0 Å². The molecule has 0 aliphatic carbocycles. The van der Waals surface area contributed by atoms with Gasteiger partial charge in [0, 0.05) is 56.8 Å². The molecule has 6 heterocycles. The van der Waals surface area contributed by atoms with Crippen LogP contribution in [0.4, 0.5) is 27.4 Å². The number of carbonyl (C=O) groups is 1. The summed E-state index contributed by atoms with van der Waals surface area (Å²) in [6.07, 6.45) is 8.37. The Bertz CT molecular complexity index is 1750. The van der Waals surface area contributed by atoms with Crippen LogP contribution in [-0.2, 0) is 18.3 Å². The summed E-state index contributed by atoms with van der Waals surface area (Å²) >= 11 is 0. The number of hydrogen-bond acceptors (Lipinski definition) is 8. The average molecular weight is 543 g/mol. The van der Waals surface area contributed by atoms with Gasteiger partial charge in [-0.1, -0.05) is 0 Å². The Morgan fingerprint density at radius 3 is 2.73 bits per heavy atom. The third kappa shape index (κ3) is 4.14. The Morgan fingerprint density at radius 2 is 1.93 bits per heavy atom. The van der Waals surface area contributed by atoms with Crippen molar-refractivity contribution in [1.29, 1.82) is 0 Å². The summed E-state index contributed by atoms with van der Waals surface area (Å²) in [5.74, 6) is 0.119. The maximum absolute atomic E-state index is 15.1. The summed E-state index contributed by atoms with van der Waals surface area (Å²) in [5.41, 5.74) is 5.09. The van der Waals surface area contributed by atoms with Crippen LogP contribution >= 0.6 is 0 Å². The van der Waals surface area contributed by atoms with E-state index < -0.39 is 0 Å². The minimum Gasteiger partial charge on any atom is -0.381 e. The second-order valence-electron chi connectivity index (χ2n) is 10.1. The van der Waals surface area contributed by atoms with Crippen LogP contribution in [0.25, 0.3) is 16.8 Å². The number of amides is 1. The number of hydrogen-bond donors (Lipinski definition) is 2. The van der Waals surface area contributed by atoms with Crippen LogP contribution in [0, 0.1) is 5.82 Å². The minimum absolute atomic E-state index is 0.267. The third-order valence-corrected chi connectivity index (χ3v) is 7.40. The van der Waals surface area contributed by atoms with E-state index in [1.807, 2.05) is 13.2 Å². The SMILES string of the molecule is CN1Cc2c(cnn2C2CCOCC2)-c2cc(F)cc(Nc3cc(NC(=O)c4cnn(C)c4)nc4ccnn34)c21. The minimum atomic E-state index is -0.378. The lowest BCUT2D eigenvalue weighted by atomic mass is 9.97. The first-order valence-electron chi connectivity index (χ1n) is 13.1. The predicted molar refractivity (Wildman–Crippen MR) is 146 cm³/mol. The van der Waals surface area contributed by atoms with Gasteiger partial charge < -0.3 is 20.3 Å². The van der Waals surface area contributed by atoms with Crippen molar-refractivity contribution >= 4 is 34.6 Å². The Labute approximate surface area is 228 Å². The fourth-order valence-corrected chi connectivity index (χ4v) is 5.56. The molecule has 12 nitrogen and oxygen atoms in total. The highest BCUT2D eigenvalue weighted by molar-refractivity contribution is 6.03. The molecule has 13 heteroatoms. The molecule has 40 heavy (non-hydrogen) atoms. The molecular weight excluding hydrogens is 515 g/mol. The van der Waals surface area contributed by atoms with Crippen LogP contribution in [0.5, 0.6) is 0 Å². The van der Waals surface area contributed by atoms with Gasteiger partial charge in [0.1, 0.15) is 17.5 Å². The standard InChI is InChI=1S/C27H27FN10O2/c1-35-15-22-20(13-31-37(22)18-4-7-40-8-5-18)19-9-17(28)10-21(26(19)35)32-25-11-23(33-24-3-6-29-38(24)25)34-27(39)16-12-30-36(2)14-16/h3,6,9-14,18,32H,4-5,7-8,15H2,1-2H3,(H,33,34,39). The van der Waals surface area contributed by atoms with Gasteiger partial charge in [0.25, 0.3) is 5.91 Å². The summed E-state index contributed by atoms with van der Waals surface area (Å²) in [4.78, 5) is 19.4. The van der Waals surface area contributed by atoms with Gasteiger partial charge >= 0.3 is 0 Å². The van der Waals surface area contributed by atoms with E-state index in [4.69, 9.17) is 9.84 Å². The Hall–Kier alpha value is -4.78. The molecule has 0 spiro atoms. The fourth-order valence-electron chi connectivity index (χ4n) is 5.56. The normalized spacial score (nSPS) is 15.2. The highest BCUT2D eigenvalue weighted by atomic mass is 19.1. The molecule has 2 N–H and O–H groups in total. The Kier molecular flexibility index (Phi) is 5.73. The number of aromatic nitrogens is 7. The molecule has 2 aliphatic heterocycles. The Balaban J connectivity index is 1.26. The van der Waals surface area contributed by atoms with Crippen molar-refractivity contribution < 1.29 is 13.9 Å². The first-order chi connectivity index (χ1) is 19.4. The zero-order valence-electron chi connectivity index (χ0n) is 22.0. The second kappa shape index (κ2) is 9.45. The van der Waals surface area contributed by atoms with E-state index in [-0.39, 0.29) is 17.8 Å². The molecule has 0 bridgehead atoms. The lowest BCUT2D eigenvalue weighted by molar-refractivity contribution is 0.0654. The van der Waals surface area contributed by atoms with Crippen LogP contribution in [0.3, 0.4) is 0 Å². The van der Waals surface area contributed by atoms with E-state index in [1.54, 1.807) is 46.8 Å². The van der Waals surface area contributed by atoms with E-state index in [0.717, 1.165) is 35.3 Å². The maximum Gasteiger partial charge on any atom is 0.260 e. The number of halogens is 1. The number of nitrogens with one attached hydrogen (secondary N) is 2. The second-order valence-corrected chi connectivity index (χ2v) is 10.1. The van der Waals surface area contributed by atoms with Gasteiger partial charge in [0.2, 0.25) is 0 Å². The number of nitrogens with zero attached hydrogens (tertiary/aromatic N) is 8. The molecular formula is C27H27FN10O2. The van der Waals surface area contributed by atoms with Crippen molar-refractivity contribution in [3.8, 4) is 11.1 Å². The molecule has 5 aromatic rings. The summed E-state index contributed by atoms with van der Waals surface area (Å²) in [7, 11) is 3.73. The number of ether oxygens (including phenoxy) is 1. The molecule has 0 radical (unpaired) electrons. The van der Waals surface area contributed by atoms with Crippen LogP contribution in [0.1, 0.15) is 34.9 Å². The predicted octanol–water partition coefficient (Wildman–Crippen LogP) is 3.76. The summed E-state index contributed by atoms with van der Waals surface area (Å²) in [5, 5.41) is 19.3. The van der Waals surface area contributed by atoms with E-state index in [2.05, 4.69) is 35.4 Å². The lowest BCUT2D eigenvalue weighted by Crippen LogP contribution is -2.28. The Morgan fingerprint density at radius 1 is 1.07 bits per heavy atom. The van der Waals surface area contributed by atoms with Gasteiger partial charge in [-0.3, -0.25) is 14.2 Å². The molecule has 0 unspecified atom stereocenters. The van der Waals surface area contributed by atoms with Gasteiger partial charge in [-0.15, -0.1) is 0 Å². The molecule has 1 aromatic carbocycles. The van der Waals surface area contributed by atoms with Gasteiger partial charge in [-0.2, -0.15) is 19.8 Å². The number of anilines is 4. The zero-order chi connectivity index (χ0) is 27.4. The molecule has 4 aromatic heterocycles. The van der Waals surface area contributed by atoms with Gasteiger partial charge in [-0.25, -0.2) is 9.37 Å². The maximum atomic E-state index is 15.1. The highest BCUT2D eigenvalue weighted by Crippen LogP contribution is 2.45. The van der Waals surface area contributed by atoms with E-state index in [1.165, 1.54) is 12.3 Å². The number of benzene rings is 1. The fraction of sp³-hybridized carbons (Fsp3) is 0.296. The van der Waals surface area contributed by atoms with Crippen LogP contribution in [0.15, 0.2) is 49.1 Å². The number of fused-ring (bicyclic) bond motifs is 4. The molecule has 0 saturated carbocycles. The van der Waals surface area contributed by atoms with E-state index in [9.17, 15) is 4.79 Å². The van der Waals surface area contributed by atoms with Crippen LogP contribution < -0.4 is 15.5 Å². The third-order valence-electron chi connectivity index (χ3n) is 7.40. The molecule has 0 atom stereocenters. The first-order valence-corrected chi connectivity index (χ1v) is 13.1. The monoisotopic (exact) mass is 542 g/mol. The first kappa shape index (κ1) is 24.3. The topological polar surface area (TPSA) is 119 Å². The number of carbonyl (C=O) groups excluding carboxylic acids is 1. The quantitative estimate of drug-likeness (QED) is 0.345. The molecule has 7 rings (SSSR count). The molecule has 1 saturated heterocycles. The summed E-state index contributed by atoms with van der Waals surface area (Å²) < 4.78 is 25.9. The van der Waals surface area contributed by atoms with Crippen molar-refractivity contribution in [2.75, 3.05) is 35.8 Å². The van der Waals surface area contributed by atoms with Crippen molar-refractivity contribution in [3.63, 3.8) is 0 Å². The average Bonchev–Trinajstić information content (AvgIpc) is 3.69. The summed E-state index contributed by atoms with van der Waals surface area (Å²) in [6, 6.07) is 6.69. The lowest BCUT2D eigenvalue weighted by Gasteiger charge is -2.32. The van der Waals surface area contributed by atoms with E-state index in [0.29, 0.717) is 48.3 Å². The molecule has 1 amide bonds. The smallest absolute Gasteiger partial charge is 0.260 e. The number of rotatable bonds is 5. The molecule has 204 valence electrons. The number of aryl methyl sites for hydroxylation is 1. The zero-order valence-corrected chi connectivity index (χ0v) is 22.0. The van der Waals surface area contributed by atoms with Gasteiger partial charge in [0.05, 0.1) is 53.8 Å². The summed E-state index contributed by atoms with van der Waals surface area (Å²) in [6.45, 7) is 2.06.